The maximum absolute atomic E-state index is 11.5. The van der Waals surface area contributed by atoms with Crippen LogP contribution in [0.25, 0.3) is 0 Å². The molecule has 0 unspecified atom stereocenters. The van der Waals surface area contributed by atoms with Gasteiger partial charge in [-0.05, 0) is 24.6 Å². The molecule has 1 rings (SSSR count). The Hall–Kier alpha value is -2.04. The molecular weight excluding hydrogens is 210 g/mol. The van der Waals surface area contributed by atoms with E-state index in [1.807, 2.05) is 0 Å². The van der Waals surface area contributed by atoms with Crippen LogP contribution in [-0.2, 0) is 4.79 Å². The average Bonchev–Trinajstić information content (AvgIpc) is 2.21. The van der Waals surface area contributed by atoms with E-state index < -0.39 is 11.9 Å². The fraction of sp³-hybridized carbons (Fsp3) is 0.273. The summed E-state index contributed by atoms with van der Waals surface area (Å²) in [6, 6.07) is 4.55. The van der Waals surface area contributed by atoms with Crippen molar-refractivity contribution >= 4 is 11.9 Å². The van der Waals surface area contributed by atoms with Gasteiger partial charge in [0.15, 0.2) is 0 Å². The molecular formula is C11H13NO4. The number of amides is 1. The molecule has 0 aliphatic heterocycles. The van der Waals surface area contributed by atoms with Gasteiger partial charge in [-0.25, -0.2) is 0 Å². The predicted octanol–water partition coefficient (Wildman–Crippen LogP) is 0.905. The summed E-state index contributed by atoms with van der Waals surface area (Å²) in [4.78, 5) is 21.7. The van der Waals surface area contributed by atoms with Gasteiger partial charge in [0.05, 0.1) is 6.42 Å². The monoisotopic (exact) mass is 223 g/mol. The van der Waals surface area contributed by atoms with Crippen LogP contribution in [0.4, 0.5) is 0 Å². The van der Waals surface area contributed by atoms with Crippen molar-refractivity contribution in [2.24, 2.45) is 0 Å². The number of carboxylic acids is 1. The number of carboxylic acid groups (broad SMARTS) is 1. The Morgan fingerprint density at radius 1 is 1.38 bits per heavy atom. The number of carbonyl (C=O) groups is 2. The van der Waals surface area contributed by atoms with E-state index in [1.54, 1.807) is 19.1 Å². The zero-order valence-corrected chi connectivity index (χ0v) is 8.86. The van der Waals surface area contributed by atoms with E-state index in [9.17, 15) is 14.7 Å². The molecule has 5 heteroatoms. The normalized spacial score (nSPS) is 9.81. The van der Waals surface area contributed by atoms with Crippen molar-refractivity contribution in [1.29, 1.82) is 0 Å². The van der Waals surface area contributed by atoms with E-state index >= 15 is 0 Å². The molecule has 3 N–H and O–H groups in total. The summed E-state index contributed by atoms with van der Waals surface area (Å²) in [5.41, 5.74) is 0.996. The first-order chi connectivity index (χ1) is 7.50. The Morgan fingerprint density at radius 2 is 2.06 bits per heavy atom. The molecule has 0 saturated carbocycles. The Bertz CT molecular complexity index is 414. The number of benzene rings is 1. The lowest BCUT2D eigenvalue weighted by molar-refractivity contribution is -0.136. The fourth-order valence-electron chi connectivity index (χ4n) is 1.14. The number of aromatic hydroxyl groups is 1. The van der Waals surface area contributed by atoms with Crippen molar-refractivity contribution in [3.8, 4) is 5.75 Å². The van der Waals surface area contributed by atoms with Crippen molar-refractivity contribution < 1.29 is 19.8 Å². The number of rotatable bonds is 4. The average molecular weight is 223 g/mol. The minimum absolute atomic E-state index is 0.0471. The van der Waals surface area contributed by atoms with Crippen LogP contribution in [0.15, 0.2) is 18.2 Å². The zero-order chi connectivity index (χ0) is 12.1. The molecule has 5 nitrogen and oxygen atoms in total. The van der Waals surface area contributed by atoms with Crippen molar-refractivity contribution in [1.82, 2.24) is 5.32 Å². The van der Waals surface area contributed by atoms with E-state index in [2.05, 4.69) is 5.32 Å². The van der Waals surface area contributed by atoms with E-state index in [-0.39, 0.29) is 18.7 Å². The third-order valence-corrected chi connectivity index (χ3v) is 2.10. The van der Waals surface area contributed by atoms with Crippen LogP contribution in [-0.4, -0.2) is 28.6 Å². The lowest BCUT2D eigenvalue weighted by Gasteiger charge is -2.05. The van der Waals surface area contributed by atoms with E-state index in [1.165, 1.54) is 6.07 Å². The highest BCUT2D eigenvalue weighted by Crippen LogP contribution is 2.17. The van der Waals surface area contributed by atoms with Crippen LogP contribution in [0, 0.1) is 6.92 Å². The molecule has 0 saturated heterocycles. The summed E-state index contributed by atoms with van der Waals surface area (Å²) >= 11 is 0. The van der Waals surface area contributed by atoms with Crippen LogP contribution in [0.5, 0.6) is 5.75 Å². The molecule has 1 aromatic carbocycles. The molecule has 0 spiro atoms. The summed E-state index contributed by atoms with van der Waals surface area (Å²) in [6.07, 6.45) is -0.121. The molecule has 1 amide bonds. The Labute approximate surface area is 92.7 Å². The van der Waals surface area contributed by atoms with Crippen LogP contribution in [0.1, 0.15) is 22.3 Å². The standard InChI is InChI=1S/C11H13NO4/c1-7-2-3-8(6-9(7)13)11(16)12-5-4-10(14)15/h2-3,6,13H,4-5H2,1H3,(H,12,16)(H,14,15). The van der Waals surface area contributed by atoms with Crippen molar-refractivity contribution in [3.05, 3.63) is 29.3 Å². The van der Waals surface area contributed by atoms with Gasteiger partial charge in [-0.1, -0.05) is 6.07 Å². The smallest absolute Gasteiger partial charge is 0.305 e. The second-order valence-corrected chi connectivity index (χ2v) is 3.40. The number of phenolic OH excluding ortho intramolecular Hbond substituents is 1. The summed E-state index contributed by atoms with van der Waals surface area (Å²) in [5, 5.41) is 20.2. The van der Waals surface area contributed by atoms with Gasteiger partial charge in [-0.3, -0.25) is 9.59 Å². The Morgan fingerprint density at radius 3 is 2.62 bits per heavy atom. The maximum atomic E-state index is 11.5. The molecule has 0 aliphatic rings. The maximum Gasteiger partial charge on any atom is 0.305 e. The minimum atomic E-state index is -0.966. The molecule has 0 heterocycles. The van der Waals surface area contributed by atoms with Crippen LogP contribution in [0.2, 0.25) is 0 Å². The van der Waals surface area contributed by atoms with Crippen LogP contribution in [0.3, 0.4) is 0 Å². The van der Waals surface area contributed by atoms with Crippen molar-refractivity contribution in [2.45, 2.75) is 13.3 Å². The van der Waals surface area contributed by atoms with Gasteiger partial charge in [-0.2, -0.15) is 0 Å². The van der Waals surface area contributed by atoms with Gasteiger partial charge in [0.25, 0.3) is 5.91 Å². The molecule has 86 valence electrons. The summed E-state index contributed by atoms with van der Waals surface area (Å²) < 4.78 is 0. The second kappa shape index (κ2) is 5.16. The number of aliphatic carboxylic acids is 1. The van der Waals surface area contributed by atoms with Gasteiger partial charge in [0.1, 0.15) is 5.75 Å². The van der Waals surface area contributed by atoms with Gasteiger partial charge in [0, 0.05) is 12.1 Å². The van der Waals surface area contributed by atoms with Gasteiger partial charge in [-0.15, -0.1) is 0 Å². The number of aryl methyl sites for hydroxylation is 1. The minimum Gasteiger partial charge on any atom is -0.508 e. The summed E-state index contributed by atoms with van der Waals surface area (Å²) in [5.74, 6) is -1.31. The zero-order valence-electron chi connectivity index (χ0n) is 8.86. The number of phenols is 1. The largest absolute Gasteiger partial charge is 0.508 e. The Balaban J connectivity index is 2.59. The molecule has 0 fully saturated rings. The first-order valence-corrected chi connectivity index (χ1v) is 4.80. The lowest BCUT2D eigenvalue weighted by atomic mass is 10.1. The summed E-state index contributed by atoms with van der Waals surface area (Å²) in [6.45, 7) is 1.80. The SMILES string of the molecule is Cc1ccc(C(=O)NCCC(=O)O)cc1O. The van der Waals surface area contributed by atoms with Gasteiger partial charge >= 0.3 is 5.97 Å². The third-order valence-electron chi connectivity index (χ3n) is 2.10. The predicted molar refractivity (Wildman–Crippen MR) is 57.4 cm³/mol. The summed E-state index contributed by atoms with van der Waals surface area (Å²) in [7, 11) is 0. The number of carbonyl (C=O) groups excluding carboxylic acids is 1. The molecule has 0 atom stereocenters. The third kappa shape index (κ3) is 3.27. The molecule has 0 bridgehead atoms. The first-order valence-electron chi connectivity index (χ1n) is 4.80. The van der Waals surface area contributed by atoms with Crippen LogP contribution >= 0.6 is 0 Å². The van der Waals surface area contributed by atoms with E-state index in [4.69, 9.17) is 5.11 Å². The van der Waals surface area contributed by atoms with Crippen molar-refractivity contribution in [3.63, 3.8) is 0 Å². The first kappa shape index (κ1) is 12.0. The van der Waals surface area contributed by atoms with E-state index in [0.29, 0.717) is 11.1 Å². The highest BCUT2D eigenvalue weighted by Gasteiger charge is 2.07. The second-order valence-electron chi connectivity index (χ2n) is 3.40. The number of hydrogen-bond acceptors (Lipinski definition) is 3. The Kier molecular flexibility index (Phi) is 3.88. The van der Waals surface area contributed by atoms with Crippen molar-refractivity contribution in [2.75, 3.05) is 6.54 Å². The van der Waals surface area contributed by atoms with Gasteiger partial charge < -0.3 is 15.5 Å². The lowest BCUT2D eigenvalue weighted by Crippen LogP contribution is -2.25. The fourth-order valence-corrected chi connectivity index (χ4v) is 1.14. The quantitative estimate of drug-likeness (QED) is 0.708. The number of hydrogen-bond donors (Lipinski definition) is 3. The molecule has 0 aliphatic carbocycles. The molecule has 0 aromatic heterocycles. The topological polar surface area (TPSA) is 86.6 Å². The highest BCUT2D eigenvalue weighted by atomic mass is 16.4. The highest BCUT2D eigenvalue weighted by molar-refractivity contribution is 5.94. The van der Waals surface area contributed by atoms with Crippen LogP contribution < -0.4 is 5.32 Å². The molecule has 0 radical (unpaired) electrons. The van der Waals surface area contributed by atoms with Gasteiger partial charge in [0.2, 0.25) is 0 Å². The number of nitrogens with one attached hydrogen (secondary N) is 1. The van der Waals surface area contributed by atoms with E-state index in [0.717, 1.165) is 0 Å². The molecule has 16 heavy (non-hydrogen) atoms. The molecule has 1 aromatic rings.